The average Bonchev–Trinajstić information content (AvgIpc) is 3.20. The van der Waals surface area contributed by atoms with E-state index in [-0.39, 0.29) is 43.3 Å². The highest BCUT2D eigenvalue weighted by Gasteiger charge is 2.45. The summed E-state index contributed by atoms with van der Waals surface area (Å²) < 4.78 is 37.5. The standard InChI is InChI=1S/C43H42BrN3O6S/c1-2-26-45(54(51,52)42-21-13-12-20-41(42)47(49)50)30-39-28-40(46(39)29-34(31-48)27-33-22-24-38(44)25-23-33)32-53-43(35-14-6-3-7-15-35,36-16-8-4-9-17-36)37-18-10-5-11-19-37/h2-25,27,39-40,48H,1,26,28-32H2/t39-,40-/m0/s1. The van der Waals surface area contributed by atoms with Crippen molar-refractivity contribution in [2.75, 3.05) is 32.8 Å². The summed E-state index contributed by atoms with van der Waals surface area (Å²) in [4.78, 5) is 13.0. The largest absolute Gasteiger partial charge is 0.392 e. The van der Waals surface area contributed by atoms with Gasteiger partial charge in [0.05, 0.1) is 18.1 Å². The van der Waals surface area contributed by atoms with Crippen molar-refractivity contribution >= 4 is 37.7 Å². The van der Waals surface area contributed by atoms with Crippen LogP contribution in [0.3, 0.4) is 0 Å². The molecule has 0 bridgehead atoms. The highest BCUT2D eigenvalue weighted by atomic mass is 79.9. The minimum atomic E-state index is -4.29. The second kappa shape index (κ2) is 17.6. The van der Waals surface area contributed by atoms with Crippen molar-refractivity contribution in [3.8, 4) is 0 Å². The number of nitro groups is 1. The summed E-state index contributed by atoms with van der Waals surface area (Å²) in [6, 6.07) is 43.0. The molecule has 2 atom stereocenters. The first-order valence-corrected chi connectivity index (χ1v) is 19.9. The number of nitrogens with zero attached hydrogens (tertiary/aromatic N) is 3. The van der Waals surface area contributed by atoms with Gasteiger partial charge in [-0.05, 0) is 52.4 Å². The predicted molar refractivity (Wildman–Crippen MR) is 215 cm³/mol. The molecule has 1 saturated heterocycles. The Kier molecular flexibility index (Phi) is 12.7. The van der Waals surface area contributed by atoms with Gasteiger partial charge in [-0.25, -0.2) is 8.42 Å². The Morgan fingerprint density at radius 1 is 0.870 bits per heavy atom. The molecule has 0 aromatic heterocycles. The fourth-order valence-electron chi connectivity index (χ4n) is 7.12. The third-order valence-corrected chi connectivity index (χ3v) is 12.2. The highest BCUT2D eigenvalue weighted by Crippen LogP contribution is 2.42. The summed E-state index contributed by atoms with van der Waals surface area (Å²) >= 11 is 3.48. The Hall–Kier alpha value is -4.75. The number of hydrogen-bond acceptors (Lipinski definition) is 7. The van der Waals surface area contributed by atoms with Gasteiger partial charge in [-0.1, -0.05) is 143 Å². The number of aliphatic hydroxyl groups is 1. The SMILES string of the molecule is C=CCN(C[C@@H]1C[C@@H](COC(c2ccccc2)(c2ccccc2)c2ccccc2)N1CC(=Cc1ccc(Br)cc1)CO)S(=O)(=O)c1ccccc1[N+](=O)[O-]. The van der Waals surface area contributed by atoms with Crippen LogP contribution >= 0.6 is 15.9 Å². The van der Waals surface area contributed by atoms with Crippen molar-refractivity contribution in [3.63, 3.8) is 0 Å². The van der Waals surface area contributed by atoms with Crippen LogP contribution in [0.2, 0.25) is 0 Å². The molecule has 0 unspecified atom stereocenters. The number of aliphatic hydroxyl groups excluding tert-OH is 1. The van der Waals surface area contributed by atoms with Gasteiger partial charge in [0.1, 0.15) is 5.60 Å². The molecule has 1 aliphatic heterocycles. The Bertz CT molecular complexity index is 2070. The minimum Gasteiger partial charge on any atom is -0.392 e. The minimum absolute atomic E-state index is 0.0411. The van der Waals surface area contributed by atoms with Crippen molar-refractivity contribution in [1.29, 1.82) is 0 Å². The van der Waals surface area contributed by atoms with Crippen LogP contribution in [0, 0.1) is 10.1 Å². The number of likely N-dealkylation sites (tertiary alicyclic amines) is 1. The van der Waals surface area contributed by atoms with E-state index in [2.05, 4.69) is 63.8 Å². The van der Waals surface area contributed by atoms with E-state index < -0.39 is 26.2 Å². The van der Waals surface area contributed by atoms with E-state index in [0.29, 0.717) is 13.0 Å². The van der Waals surface area contributed by atoms with Crippen molar-refractivity contribution in [2.24, 2.45) is 0 Å². The van der Waals surface area contributed by atoms with Crippen LogP contribution in [-0.2, 0) is 20.4 Å². The zero-order valence-corrected chi connectivity index (χ0v) is 32.1. The molecule has 54 heavy (non-hydrogen) atoms. The van der Waals surface area contributed by atoms with Crippen LogP contribution in [0.5, 0.6) is 0 Å². The van der Waals surface area contributed by atoms with Crippen molar-refractivity contribution < 1.29 is 23.2 Å². The van der Waals surface area contributed by atoms with E-state index in [1.807, 2.05) is 84.9 Å². The van der Waals surface area contributed by atoms with Gasteiger partial charge < -0.3 is 9.84 Å². The molecular weight excluding hydrogens is 766 g/mol. The van der Waals surface area contributed by atoms with Crippen LogP contribution < -0.4 is 0 Å². The van der Waals surface area contributed by atoms with Crippen molar-refractivity contribution in [1.82, 2.24) is 9.21 Å². The fraction of sp³-hybridized carbons (Fsp3) is 0.209. The van der Waals surface area contributed by atoms with Crippen LogP contribution in [0.15, 0.2) is 167 Å². The Balaban J connectivity index is 1.36. The molecule has 0 spiro atoms. The van der Waals surface area contributed by atoms with E-state index >= 15 is 0 Å². The molecule has 6 rings (SSSR count). The summed E-state index contributed by atoms with van der Waals surface area (Å²) in [6.07, 6.45) is 4.00. The van der Waals surface area contributed by atoms with Gasteiger partial charge in [-0.15, -0.1) is 6.58 Å². The molecule has 5 aromatic carbocycles. The lowest BCUT2D eigenvalue weighted by atomic mass is 9.80. The molecule has 0 radical (unpaired) electrons. The summed E-state index contributed by atoms with van der Waals surface area (Å²) in [7, 11) is -4.29. The van der Waals surface area contributed by atoms with E-state index in [0.717, 1.165) is 32.3 Å². The van der Waals surface area contributed by atoms with Crippen molar-refractivity contribution in [2.45, 2.75) is 29.0 Å². The predicted octanol–water partition coefficient (Wildman–Crippen LogP) is 8.06. The first-order chi connectivity index (χ1) is 26.2. The second-order valence-corrected chi connectivity index (χ2v) is 16.0. The Morgan fingerprint density at radius 3 is 1.93 bits per heavy atom. The number of sulfonamides is 1. The smallest absolute Gasteiger partial charge is 0.289 e. The zero-order valence-electron chi connectivity index (χ0n) is 29.7. The number of hydrogen-bond donors (Lipinski definition) is 1. The highest BCUT2D eigenvalue weighted by molar-refractivity contribution is 9.10. The van der Waals surface area contributed by atoms with E-state index in [1.54, 1.807) is 0 Å². The van der Waals surface area contributed by atoms with E-state index in [4.69, 9.17) is 4.74 Å². The summed E-state index contributed by atoms with van der Waals surface area (Å²) in [5, 5.41) is 22.5. The van der Waals surface area contributed by atoms with Crippen LogP contribution in [0.1, 0.15) is 28.7 Å². The maximum atomic E-state index is 14.1. The van der Waals surface area contributed by atoms with Crippen LogP contribution in [0.25, 0.3) is 6.08 Å². The van der Waals surface area contributed by atoms with Gasteiger partial charge in [0, 0.05) is 42.3 Å². The van der Waals surface area contributed by atoms with Crippen LogP contribution in [-0.4, -0.2) is 72.6 Å². The number of para-hydroxylation sites is 1. The normalized spacial score (nSPS) is 16.5. The van der Waals surface area contributed by atoms with E-state index in [1.165, 1.54) is 34.6 Å². The molecule has 1 heterocycles. The molecule has 0 aliphatic carbocycles. The number of benzene rings is 5. The fourth-order valence-corrected chi connectivity index (χ4v) is 8.99. The average molecular weight is 809 g/mol. The first kappa shape index (κ1) is 39.0. The molecule has 1 aliphatic rings. The van der Waals surface area contributed by atoms with Gasteiger partial charge in [0.15, 0.2) is 4.90 Å². The quantitative estimate of drug-likeness (QED) is 0.0438. The van der Waals surface area contributed by atoms with Crippen molar-refractivity contribution in [3.05, 3.63) is 195 Å². The number of nitro benzene ring substituents is 1. The van der Waals surface area contributed by atoms with Crippen LogP contribution in [0.4, 0.5) is 5.69 Å². The summed E-state index contributed by atoms with van der Waals surface area (Å²) in [5.74, 6) is 0. The maximum Gasteiger partial charge on any atom is 0.289 e. The molecule has 9 nitrogen and oxygen atoms in total. The lowest BCUT2D eigenvalue weighted by Gasteiger charge is -2.51. The monoisotopic (exact) mass is 807 g/mol. The number of rotatable bonds is 17. The Labute approximate surface area is 325 Å². The number of halogens is 1. The topological polar surface area (TPSA) is 113 Å². The van der Waals surface area contributed by atoms with Gasteiger partial charge >= 0.3 is 0 Å². The molecule has 1 fully saturated rings. The third kappa shape index (κ3) is 8.47. The molecule has 11 heteroatoms. The van der Waals surface area contributed by atoms with E-state index in [9.17, 15) is 23.6 Å². The lowest BCUT2D eigenvalue weighted by Crippen LogP contribution is -2.62. The molecular formula is C43H42BrN3O6S. The first-order valence-electron chi connectivity index (χ1n) is 17.6. The molecule has 278 valence electrons. The molecule has 0 saturated carbocycles. The van der Waals surface area contributed by atoms with Gasteiger partial charge in [0.25, 0.3) is 5.69 Å². The second-order valence-electron chi connectivity index (χ2n) is 13.2. The third-order valence-electron chi connectivity index (χ3n) is 9.77. The number of ether oxygens (including phenoxy) is 1. The summed E-state index contributed by atoms with van der Waals surface area (Å²) in [6.45, 7) is 4.21. The van der Waals surface area contributed by atoms with Gasteiger partial charge in [-0.3, -0.25) is 15.0 Å². The molecule has 5 aromatic rings. The zero-order chi connectivity index (χ0) is 38.1. The molecule has 0 amide bonds. The van der Waals surface area contributed by atoms with Gasteiger partial charge in [0.2, 0.25) is 10.0 Å². The molecule has 1 N–H and O–H groups in total. The lowest BCUT2D eigenvalue weighted by molar-refractivity contribution is -0.387. The summed E-state index contributed by atoms with van der Waals surface area (Å²) in [5.41, 5.74) is 3.09. The Morgan fingerprint density at radius 2 is 1.41 bits per heavy atom. The maximum absolute atomic E-state index is 14.1. The van der Waals surface area contributed by atoms with Gasteiger partial charge in [-0.2, -0.15) is 4.31 Å².